The lowest BCUT2D eigenvalue weighted by molar-refractivity contribution is -0.120. The van der Waals surface area contributed by atoms with Gasteiger partial charge in [-0.2, -0.15) is 5.26 Å². The summed E-state index contributed by atoms with van der Waals surface area (Å²) in [6.07, 6.45) is 4.64. The van der Waals surface area contributed by atoms with Gasteiger partial charge in [-0.15, -0.1) is 0 Å². The Kier molecular flexibility index (Phi) is 1.88. The zero-order chi connectivity index (χ0) is 8.55. The van der Waals surface area contributed by atoms with Crippen molar-refractivity contribution in [2.75, 3.05) is 0 Å². The third-order valence-corrected chi connectivity index (χ3v) is 3.46. The number of hydrogen-bond donors (Lipinski definition) is 0. The van der Waals surface area contributed by atoms with Crippen LogP contribution < -0.4 is 0 Å². The van der Waals surface area contributed by atoms with Crippen molar-refractivity contribution in [2.45, 2.75) is 32.1 Å². The van der Waals surface area contributed by atoms with Gasteiger partial charge >= 0.3 is 0 Å². The van der Waals surface area contributed by atoms with E-state index >= 15 is 0 Å². The molecule has 2 heteroatoms. The SMILES string of the molecule is N#CCC1CCC2C(=O)CCC12. The molecule has 3 atom stereocenters. The maximum atomic E-state index is 11.3. The quantitative estimate of drug-likeness (QED) is 0.592. The summed E-state index contributed by atoms with van der Waals surface area (Å²) in [6, 6.07) is 2.23. The van der Waals surface area contributed by atoms with Crippen LogP contribution in [0.25, 0.3) is 0 Å². The number of ketones is 1. The van der Waals surface area contributed by atoms with Crippen LogP contribution in [0.2, 0.25) is 0 Å². The molecule has 64 valence electrons. The molecular formula is C10H13NO. The molecule has 0 amide bonds. The summed E-state index contributed by atoms with van der Waals surface area (Å²) in [5.41, 5.74) is 0. The monoisotopic (exact) mass is 163 g/mol. The molecule has 0 heterocycles. The number of carbonyl (C=O) groups is 1. The molecule has 0 saturated heterocycles. The Hall–Kier alpha value is -0.840. The highest BCUT2D eigenvalue weighted by atomic mass is 16.1. The summed E-state index contributed by atoms with van der Waals surface area (Å²) >= 11 is 0. The third kappa shape index (κ3) is 1.04. The molecule has 0 aromatic heterocycles. The fourth-order valence-corrected chi connectivity index (χ4v) is 2.85. The highest BCUT2D eigenvalue weighted by molar-refractivity contribution is 5.83. The van der Waals surface area contributed by atoms with Crippen LogP contribution in [-0.2, 0) is 4.79 Å². The molecule has 0 aromatic rings. The van der Waals surface area contributed by atoms with Crippen LogP contribution in [0.5, 0.6) is 0 Å². The van der Waals surface area contributed by atoms with E-state index in [0.29, 0.717) is 30.0 Å². The number of fused-ring (bicyclic) bond motifs is 1. The molecule has 3 unspecified atom stereocenters. The summed E-state index contributed by atoms with van der Waals surface area (Å²) in [4.78, 5) is 11.3. The van der Waals surface area contributed by atoms with Crippen molar-refractivity contribution in [3.05, 3.63) is 0 Å². The molecule has 2 fully saturated rings. The maximum Gasteiger partial charge on any atom is 0.136 e. The second-order valence-corrected chi connectivity index (χ2v) is 3.98. The highest BCUT2D eigenvalue weighted by Gasteiger charge is 2.43. The van der Waals surface area contributed by atoms with Gasteiger partial charge in [0.1, 0.15) is 5.78 Å². The zero-order valence-electron chi connectivity index (χ0n) is 7.12. The van der Waals surface area contributed by atoms with Gasteiger partial charge in [0.25, 0.3) is 0 Å². The first-order valence-electron chi connectivity index (χ1n) is 4.72. The first-order chi connectivity index (χ1) is 5.83. The number of carbonyl (C=O) groups excluding carboxylic acids is 1. The van der Waals surface area contributed by atoms with Crippen molar-refractivity contribution >= 4 is 5.78 Å². The van der Waals surface area contributed by atoms with E-state index in [-0.39, 0.29) is 0 Å². The second kappa shape index (κ2) is 2.90. The smallest absolute Gasteiger partial charge is 0.136 e. The zero-order valence-corrected chi connectivity index (χ0v) is 7.12. The lowest BCUT2D eigenvalue weighted by Gasteiger charge is -2.13. The summed E-state index contributed by atoms with van der Waals surface area (Å²) in [5, 5.41) is 8.58. The maximum absolute atomic E-state index is 11.3. The largest absolute Gasteiger partial charge is 0.299 e. The minimum atomic E-state index is 0.336. The number of rotatable bonds is 1. The van der Waals surface area contributed by atoms with Gasteiger partial charge in [0.05, 0.1) is 6.07 Å². The molecule has 0 spiro atoms. The molecule has 2 aliphatic rings. The van der Waals surface area contributed by atoms with Gasteiger partial charge in [-0.25, -0.2) is 0 Å². The molecule has 0 aromatic carbocycles. The summed E-state index contributed by atoms with van der Waals surface area (Å²) in [7, 11) is 0. The van der Waals surface area contributed by atoms with Gasteiger partial charge in [-0.1, -0.05) is 0 Å². The first-order valence-corrected chi connectivity index (χ1v) is 4.72. The Bertz CT molecular complexity index is 241. The van der Waals surface area contributed by atoms with E-state index in [4.69, 9.17) is 5.26 Å². The fourth-order valence-electron chi connectivity index (χ4n) is 2.85. The van der Waals surface area contributed by atoms with Crippen molar-refractivity contribution in [3.8, 4) is 6.07 Å². The number of nitrogens with zero attached hydrogens (tertiary/aromatic N) is 1. The van der Waals surface area contributed by atoms with E-state index in [2.05, 4.69) is 6.07 Å². The van der Waals surface area contributed by atoms with Crippen molar-refractivity contribution in [3.63, 3.8) is 0 Å². The van der Waals surface area contributed by atoms with Crippen LogP contribution in [0, 0.1) is 29.1 Å². The molecule has 2 nitrogen and oxygen atoms in total. The average molecular weight is 163 g/mol. The Morgan fingerprint density at radius 1 is 1.42 bits per heavy atom. The lowest BCUT2D eigenvalue weighted by Crippen LogP contribution is -2.11. The predicted molar refractivity (Wildman–Crippen MR) is 44.2 cm³/mol. The Morgan fingerprint density at radius 2 is 2.25 bits per heavy atom. The van der Waals surface area contributed by atoms with E-state index in [1.807, 2.05) is 0 Å². The molecule has 2 rings (SSSR count). The Morgan fingerprint density at radius 3 is 3.00 bits per heavy atom. The van der Waals surface area contributed by atoms with Crippen molar-refractivity contribution in [1.82, 2.24) is 0 Å². The minimum Gasteiger partial charge on any atom is -0.299 e. The molecule has 12 heavy (non-hydrogen) atoms. The molecular weight excluding hydrogens is 150 g/mol. The normalized spacial score (nSPS) is 39.6. The van der Waals surface area contributed by atoms with Gasteiger partial charge in [-0.3, -0.25) is 4.79 Å². The summed E-state index contributed by atoms with van der Waals surface area (Å²) in [6.45, 7) is 0. The number of hydrogen-bond acceptors (Lipinski definition) is 2. The van der Waals surface area contributed by atoms with Gasteiger partial charge in [0.2, 0.25) is 0 Å². The standard InChI is InChI=1S/C10H13NO/c11-6-5-7-1-2-9-8(7)3-4-10(9)12/h7-9H,1-5H2. The van der Waals surface area contributed by atoms with Crippen LogP contribution in [0.4, 0.5) is 0 Å². The van der Waals surface area contributed by atoms with Crippen molar-refractivity contribution < 1.29 is 4.79 Å². The van der Waals surface area contributed by atoms with Gasteiger partial charge in [0.15, 0.2) is 0 Å². The van der Waals surface area contributed by atoms with Crippen LogP contribution in [0.15, 0.2) is 0 Å². The fraction of sp³-hybridized carbons (Fsp3) is 0.800. The van der Waals surface area contributed by atoms with Crippen LogP contribution in [-0.4, -0.2) is 5.78 Å². The number of Topliss-reactive ketones (excluding diaryl/α,β-unsaturated/α-hetero) is 1. The van der Waals surface area contributed by atoms with Crippen molar-refractivity contribution in [1.29, 1.82) is 5.26 Å². The van der Waals surface area contributed by atoms with E-state index in [1.165, 1.54) is 0 Å². The topological polar surface area (TPSA) is 40.9 Å². The number of nitriles is 1. The average Bonchev–Trinajstić information content (AvgIpc) is 2.58. The van der Waals surface area contributed by atoms with E-state index in [1.54, 1.807) is 0 Å². The van der Waals surface area contributed by atoms with Gasteiger partial charge in [0, 0.05) is 18.8 Å². The van der Waals surface area contributed by atoms with Crippen LogP contribution in [0.1, 0.15) is 32.1 Å². The molecule has 0 bridgehead atoms. The van der Waals surface area contributed by atoms with E-state index in [0.717, 1.165) is 25.7 Å². The molecule has 2 saturated carbocycles. The Balaban J connectivity index is 2.06. The van der Waals surface area contributed by atoms with Crippen LogP contribution in [0.3, 0.4) is 0 Å². The second-order valence-electron chi connectivity index (χ2n) is 3.98. The van der Waals surface area contributed by atoms with Gasteiger partial charge < -0.3 is 0 Å². The van der Waals surface area contributed by atoms with E-state index < -0.39 is 0 Å². The van der Waals surface area contributed by atoms with E-state index in [9.17, 15) is 4.79 Å². The molecule has 2 aliphatic carbocycles. The van der Waals surface area contributed by atoms with Gasteiger partial charge in [-0.05, 0) is 31.1 Å². The molecule has 0 radical (unpaired) electrons. The first kappa shape index (κ1) is 7.79. The van der Waals surface area contributed by atoms with Crippen molar-refractivity contribution in [2.24, 2.45) is 17.8 Å². The minimum absolute atomic E-state index is 0.336. The summed E-state index contributed by atoms with van der Waals surface area (Å²) < 4.78 is 0. The predicted octanol–water partition coefficient (Wildman–Crippen LogP) is 1.91. The third-order valence-electron chi connectivity index (χ3n) is 3.46. The van der Waals surface area contributed by atoms with Crippen LogP contribution >= 0.6 is 0 Å². The molecule has 0 aliphatic heterocycles. The highest BCUT2D eigenvalue weighted by Crippen LogP contribution is 2.46. The lowest BCUT2D eigenvalue weighted by atomic mass is 9.90. The Labute approximate surface area is 72.6 Å². The summed E-state index contributed by atoms with van der Waals surface area (Å²) in [5.74, 6) is 1.90. The molecule has 0 N–H and O–H groups in total.